The van der Waals surface area contributed by atoms with E-state index in [1.807, 2.05) is 12.1 Å². The van der Waals surface area contributed by atoms with Gasteiger partial charge in [-0.2, -0.15) is 0 Å². The summed E-state index contributed by atoms with van der Waals surface area (Å²) in [4.78, 5) is 2.51. The second kappa shape index (κ2) is 6.94. The molecule has 106 valence electrons. The van der Waals surface area contributed by atoms with Crippen LogP contribution in [-0.4, -0.2) is 30.1 Å². The molecule has 0 amide bonds. The zero-order chi connectivity index (χ0) is 13.8. The Morgan fingerprint density at radius 1 is 1.37 bits per heavy atom. The van der Waals surface area contributed by atoms with Crippen LogP contribution in [0.3, 0.4) is 0 Å². The average Bonchev–Trinajstić information content (AvgIpc) is 2.57. The molecular weight excluding hydrogens is 279 g/mol. The third-order valence-corrected chi connectivity index (χ3v) is 4.83. The highest BCUT2D eigenvalue weighted by Crippen LogP contribution is 2.27. The van der Waals surface area contributed by atoms with Crippen molar-refractivity contribution >= 4 is 23.2 Å². The average molecular weight is 301 g/mol. The van der Waals surface area contributed by atoms with E-state index in [9.17, 15) is 0 Å². The van der Waals surface area contributed by atoms with Gasteiger partial charge in [0, 0.05) is 25.2 Å². The van der Waals surface area contributed by atoms with Gasteiger partial charge in [0.05, 0.1) is 10.0 Å². The molecule has 0 spiro atoms. The maximum absolute atomic E-state index is 6.30. The number of benzene rings is 1. The first-order chi connectivity index (χ1) is 9.11. The fourth-order valence-corrected chi connectivity index (χ4v) is 2.97. The largest absolute Gasteiger partial charge is 0.313 e. The summed E-state index contributed by atoms with van der Waals surface area (Å²) in [6.07, 6.45) is 2.33. The lowest BCUT2D eigenvalue weighted by molar-refractivity contribution is 0.194. The van der Waals surface area contributed by atoms with E-state index in [4.69, 9.17) is 23.2 Å². The van der Waals surface area contributed by atoms with Crippen molar-refractivity contribution in [3.63, 3.8) is 0 Å². The van der Waals surface area contributed by atoms with Gasteiger partial charge >= 0.3 is 0 Å². The van der Waals surface area contributed by atoms with E-state index in [-0.39, 0.29) is 0 Å². The molecule has 1 aliphatic heterocycles. The summed E-state index contributed by atoms with van der Waals surface area (Å²) in [6, 6.07) is 7.03. The Kier molecular flexibility index (Phi) is 5.52. The maximum atomic E-state index is 6.30. The van der Waals surface area contributed by atoms with Crippen molar-refractivity contribution in [2.24, 2.45) is 0 Å². The Bertz CT molecular complexity index is 423. The molecule has 2 unspecified atom stereocenters. The van der Waals surface area contributed by atoms with Gasteiger partial charge in [0.1, 0.15) is 0 Å². The van der Waals surface area contributed by atoms with Crippen LogP contribution in [0.5, 0.6) is 0 Å². The third kappa shape index (κ3) is 3.85. The first-order valence-electron chi connectivity index (χ1n) is 7.02. The molecule has 0 radical (unpaired) electrons. The molecule has 0 aromatic heterocycles. The van der Waals surface area contributed by atoms with Crippen LogP contribution in [0.2, 0.25) is 10.0 Å². The van der Waals surface area contributed by atoms with E-state index in [1.54, 1.807) is 0 Å². The van der Waals surface area contributed by atoms with Gasteiger partial charge in [0.2, 0.25) is 0 Å². The standard InChI is InChI=1S/C15H22Cl2N2/c1-3-13-10-19(11(2)7-8-18-13)9-12-5-4-6-14(16)15(12)17/h4-6,11,13,18H,3,7-10H2,1-2H3. The van der Waals surface area contributed by atoms with E-state index >= 15 is 0 Å². The molecule has 0 saturated carbocycles. The Morgan fingerprint density at radius 2 is 2.16 bits per heavy atom. The van der Waals surface area contributed by atoms with Crippen LogP contribution in [0.4, 0.5) is 0 Å². The molecular formula is C15H22Cl2N2. The van der Waals surface area contributed by atoms with E-state index in [1.165, 1.54) is 6.42 Å². The lowest BCUT2D eigenvalue weighted by Gasteiger charge is -2.29. The molecule has 1 aromatic rings. The second-order valence-corrected chi connectivity index (χ2v) is 6.12. The molecule has 1 N–H and O–H groups in total. The molecule has 2 atom stereocenters. The van der Waals surface area contributed by atoms with Crippen LogP contribution in [0.15, 0.2) is 18.2 Å². The van der Waals surface area contributed by atoms with Crippen molar-refractivity contribution in [1.82, 2.24) is 10.2 Å². The predicted octanol–water partition coefficient (Wildman–Crippen LogP) is 3.96. The number of hydrogen-bond acceptors (Lipinski definition) is 2. The molecule has 2 rings (SSSR count). The SMILES string of the molecule is CCC1CN(Cc2cccc(Cl)c2Cl)C(C)CCN1. The molecule has 1 aliphatic rings. The topological polar surface area (TPSA) is 15.3 Å². The summed E-state index contributed by atoms with van der Waals surface area (Å²) in [5, 5.41) is 4.94. The van der Waals surface area contributed by atoms with Crippen LogP contribution in [-0.2, 0) is 6.54 Å². The Morgan fingerprint density at radius 3 is 2.89 bits per heavy atom. The number of halogens is 2. The van der Waals surface area contributed by atoms with Crippen LogP contribution in [0.25, 0.3) is 0 Å². The molecule has 1 heterocycles. The van der Waals surface area contributed by atoms with E-state index in [0.29, 0.717) is 22.1 Å². The Balaban J connectivity index is 2.12. The minimum absolute atomic E-state index is 0.569. The van der Waals surface area contributed by atoms with Crippen LogP contribution >= 0.6 is 23.2 Å². The fourth-order valence-electron chi connectivity index (χ4n) is 2.59. The summed E-state index contributed by atoms with van der Waals surface area (Å²) in [5.41, 5.74) is 1.12. The molecule has 4 heteroatoms. The first-order valence-corrected chi connectivity index (χ1v) is 7.77. The molecule has 1 saturated heterocycles. The van der Waals surface area contributed by atoms with E-state index in [0.717, 1.165) is 31.6 Å². The zero-order valence-corrected chi connectivity index (χ0v) is 13.1. The Labute approximate surface area is 126 Å². The van der Waals surface area contributed by atoms with Gasteiger partial charge in [-0.05, 0) is 37.9 Å². The van der Waals surface area contributed by atoms with Crippen molar-refractivity contribution in [3.8, 4) is 0 Å². The smallest absolute Gasteiger partial charge is 0.0637 e. The summed E-state index contributed by atoms with van der Waals surface area (Å²) in [5.74, 6) is 0. The van der Waals surface area contributed by atoms with Gasteiger partial charge in [-0.3, -0.25) is 4.90 Å². The van der Waals surface area contributed by atoms with Gasteiger partial charge in [0.15, 0.2) is 0 Å². The lowest BCUT2D eigenvalue weighted by Crippen LogP contribution is -2.39. The summed E-state index contributed by atoms with van der Waals surface area (Å²) >= 11 is 12.4. The summed E-state index contributed by atoms with van der Waals surface area (Å²) < 4.78 is 0. The Hall–Kier alpha value is -0.280. The highest BCUT2D eigenvalue weighted by atomic mass is 35.5. The second-order valence-electron chi connectivity index (χ2n) is 5.34. The maximum Gasteiger partial charge on any atom is 0.0637 e. The van der Waals surface area contributed by atoms with Gasteiger partial charge < -0.3 is 5.32 Å². The fraction of sp³-hybridized carbons (Fsp3) is 0.600. The number of rotatable bonds is 3. The first kappa shape index (κ1) is 15.1. The van der Waals surface area contributed by atoms with Crippen molar-refractivity contribution < 1.29 is 0 Å². The van der Waals surface area contributed by atoms with Gasteiger partial charge in [-0.25, -0.2) is 0 Å². The highest BCUT2D eigenvalue weighted by Gasteiger charge is 2.22. The molecule has 19 heavy (non-hydrogen) atoms. The third-order valence-electron chi connectivity index (χ3n) is 3.97. The highest BCUT2D eigenvalue weighted by molar-refractivity contribution is 6.42. The minimum Gasteiger partial charge on any atom is -0.313 e. The molecule has 0 bridgehead atoms. The van der Waals surface area contributed by atoms with E-state index in [2.05, 4.69) is 30.1 Å². The van der Waals surface area contributed by atoms with Crippen LogP contribution in [0, 0.1) is 0 Å². The zero-order valence-electron chi connectivity index (χ0n) is 11.6. The van der Waals surface area contributed by atoms with Crippen molar-refractivity contribution in [2.45, 2.75) is 45.3 Å². The minimum atomic E-state index is 0.569. The van der Waals surface area contributed by atoms with Gasteiger partial charge in [0.25, 0.3) is 0 Å². The van der Waals surface area contributed by atoms with Gasteiger partial charge in [-0.1, -0.05) is 42.3 Å². The number of nitrogens with one attached hydrogen (secondary N) is 1. The molecule has 1 aromatic carbocycles. The molecule has 1 fully saturated rings. The molecule has 2 nitrogen and oxygen atoms in total. The van der Waals surface area contributed by atoms with Crippen LogP contribution in [0.1, 0.15) is 32.3 Å². The van der Waals surface area contributed by atoms with Crippen LogP contribution < -0.4 is 5.32 Å². The van der Waals surface area contributed by atoms with E-state index < -0.39 is 0 Å². The number of nitrogens with zero attached hydrogens (tertiary/aromatic N) is 1. The van der Waals surface area contributed by atoms with Gasteiger partial charge in [-0.15, -0.1) is 0 Å². The van der Waals surface area contributed by atoms with Crippen molar-refractivity contribution in [3.05, 3.63) is 33.8 Å². The normalized spacial score (nSPS) is 25.3. The summed E-state index contributed by atoms with van der Waals surface area (Å²) in [7, 11) is 0. The number of hydrogen-bond donors (Lipinski definition) is 1. The quantitative estimate of drug-likeness (QED) is 0.909. The van der Waals surface area contributed by atoms with Crippen molar-refractivity contribution in [1.29, 1.82) is 0 Å². The van der Waals surface area contributed by atoms with Crippen molar-refractivity contribution in [2.75, 3.05) is 13.1 Å². The lowest BCUT2D eigenvalue weighted by atomic mass is 10.1. The predicted molar refractivity (Wildman–Crippen MR) is 83.0 cm³/mol. The monoisotopic (exact) mass is 300 g/mol. The molecule has 0 aliphatic carbocycles. The summed E-state index contributed by atoms with van der Waals surface area (Å²) in [6.45, 7) is 7.56.